The molecule has 2 saturated heterocycles. The van der Waals surface area contributed by atoms with Gasteiger partial charge in [0, 0.05) is 12.8 Å². The van der Waals surface area contributed by atoms with Crippen LogP contribution in [0.3, 0.4) is 0 Å². The number of carbonyl (C=O) groups is 4. The predicted octanol–water partition coefficient (Wildman–Crippen LogP) is -1.29. The quantitative estimate of drug-likeness (QED) is 0.235. The van der Waals surface area contributed by atoms with Crippen LogP contribution in [-0.2, 0) is 35.1 Å². The van der Waals surface area contributed by atoms with E-state index in [0.29, 0.717) is 6.42 Å². The summed E-state index contributed by atoms with van der Waals surface area (Å²) >= 11 is 0. The Hall–Kier alpha value is -3.16. The minimum Gasteiger partial charge on any atom is -0.479 e. The minimum atomic E-state index is -3.79. The van der Waals surface area contributed by atoms with Gasteiger partial charge in [-0.2, -0.15) is 0 Å². The third-order valence-corrected chi connectivity index (χ3v) is 5.84. The van der Waals surface area contributed by atoms with Crippen LogP contribution in [0.5, 0.6) is 0 Å². The Morgan fingerprint density at radius 2 is 1.61 bits per heavy atom. The van der Waals surface area contributed by atoms with Crippen molar-refractivity contribution in [1.82, 2.24) is 0 Å². The highest BCUT2D eigenvalue weighted by atomic mass is 16.8. The Bertz CT molecular complexity index is 990. The molecule has 2 heterocycles. The van der Waals surface area contributed by atoms with E-state index in [4.69, 9.17) is 9.47 Å². The Morgan fingerprint density at radius 1 is 0.970 bits per heavy atom. The number of carboxylic acids is 3. The zero-order chi connectivity index (χ0) is 24.6. The van der Waals surface area contributed by atoms with E-state index >= 15 is 0 Å². The molecule has 12 heteroatoms. The fourth-order valence-corrected chi connectivity index (χ4v) is 4.13. The molecule has 0 saturated carbocycles. The number of allylic oxidation sites excluding steroid dienone is 1. The topological polar surface area (TPSA) is 208 Å². The summed E-state index contributed by atoms with van der Waals surface area (Å²) in [6, 6.07) is 9.10. The molecule has 178 valence electrons. The molecule has 2 aliphatic heterocycles. The van der Waals surface area contributed by atoms with Gasteiger partial charge in [0.15, 0.2) is 5.78 Å². The van der Waals surface area contributed by atoms with Gasteiger partial charge in [0.05, 0.1) is 0 Å². The zero-order valence-electron chi connectivity index (χ0n) is 17.0. The first-order valence-electron chi connectivity index (χ1n) is 9.82. The number of carboxylic acid groups (broad SMARTS) is 3. The van der Waals surface area contributed by atoms with Crippen molar-refractivity contribution in [3.63, 3.8) is 0 Å². The first-order chi connectivity index (χ1) is 15.4. The van der Waals surface area contributed by atoms with Gasteiger partial charge in [-0.3, -0.25) is 4.79 Å². The molecule has 0 spiro atoms. The third kappa shape index (κ3) is 3.71. The Balaban J connectivity index is 1.87. The first kappa shape index (κ1) is 24.5. The van der Waals surface area contributed by atoms with Crippen molar-refractivity contribution < 1.29 is 59.3 Å². The highest BCUT2D eigenvalue weighted by molar-refractivity contribution is 5.97. The highest BCUT2D eigenvalue weighted by Gasteiger charge is 2.84. The van der Waals surface area contributed by atoms with Crippen LogP contribution in [0.25, 0.3) is 0 Å². The summed E-state index contributed by atoms with van der Waals surface area (Å²) in [4.78, 5) is 47.6. The van der Waals surface area contributed by atoms with E-state index in [1.807, 2.05) is 30.3 Å². The van der Waals surface area contributed by atoms with Crippen LogP contribution in [0.4, 0.5) is 0 Å². The number of benzene rings is 1. The molecule has 2 bridgehead atoms. The van der Waals surface area contributed by atoms with E-state index in [-0.39, 0.29) is 12.2 Å². The molecule has 0 aliphatic carbocycles. The second kappa shape index (κ2) is 8.65. The number of hydrogen-bond acceptors (Lipinski definition) is 9. The van der Waals surface area contributed by atoms with E-state index in [2.05, 4.69) is 0 Å². The number of ketones is 1. The van der Waals surface area contributed by atoms with Gasteiger partial charge in [0.1, 0.15) is 12.2 Å². The maximum Gasteiger partial charge on any atom is 0.343 e. The van der Waals surface area contributed by atoms with Crippen molar-refractivity contribution in [2.45, 2.75) is 54.6 Å². The second-order valence-electron chi connectivity index (χ2n) is 7.81. The summed E-state index contributed by atoms with van der Waals surface area (Å²) in [5, 5.41) is 60.1. The summed E-state index contributed by atoms with van der Waals surface area (Å²) in [6.07, 6.45) is -5.47. The molecular weight excluding hydrogens is 444 g/mol. The van der Waals surface area contributed by atoms with Gasteiger partial charge in [-0.05, 0) is 18.1 Å². The summed E-state index contributed by atoms with van der Waals surface area (Å²) < 4.78 is 10.2. The lowest BCUT2D eigenvalue weighted by Crippen LogP contribution is -2.77. The van der Waals surface area contributed by atoms with Crippen LogP contribution >= 0.6 is 0 Å². The van der Waals surface area contributed by atoms with Crippen LogP contribution in [0.15, 0.2) is 42.5 Å². The molecule has 6 atom stereocenters. The van der Waals surface area contributed by atoms with Gasteiger partial charge in [0.25, 0.3) is 0 Å². The normalized spacial score (nSPS) is 35.4. The monoisotopic (exact) mass is 466 g/mol. The van der Waals surface area contributed by atoms with E-state index in [0.717, 1.165) is 17.7 Å². The maximum absolute atomic E-state index is 12.2. The number of rotatable bonds is 9. The Labute approximate surface area is 186 Å². The van der Waals surface area contributed by atoms with Crippen molar-refractivity contribution in [2.75, 3.05) is 0 Å². The molecule has 0 aromatic heterocycles. The van der Waals surface area contributed by atoms with Crippen LogP contribution in [0, 0.1) is 0 Å². The molecular formula is C21H22O12. The molecule has 3 rings (SSSR count). The lowest BCUT2D eigenvalue weighted by molar-refractivity contribution is -0.371. The van der Waals surface area contributed by atoms with Gasteiger partial charge in [0.2, 0.25) is 23.1 Å². The number of aliphatic carboxylic acids is 3. The standard InChI is InChI=1S/C21H22O12/c22-12(9-8-11-5-2-1-3-6-11)7-4-10-19-13(23)14(24)21(33-19,18(29)30)20(31,17(27)28)15(32-19)16(25)26/h1-7,13-15,23-24,31H,8-10H2,(H,25,26)(H,27,28)(H,29,30)/b7-4+. The lowest BCUT2D eigenvalue weighted by Gasteiger charge is -2.48. The van der Waals surface area contributed by atoms with Crippen molar-refractivity contribution >= 4 is 23.7 Å². The Morgan fingerprint density at radius 3 is 2.15 bits per heavy atom. The summed E-state index contributed by atoms with van der Waals surface area (Å²) in [5.74, 6) is -9.56. The zero-order valence-corrected chi connectivity index (χ0v) is 17.0. The van der Waals surface area contributed by atoms with Gasteiger partial charge in [-0.1, -0.05) is 36.4 Å². The fourth-order valence-electron chi connectivity index (χ4n) is 4.13. The van der Waals surface area contributed by atoms with Crippen LogP contribution in [-0.4, -0.2) is 89.6 Å². The van der Waals surface area contributed by atoms with E-state index < -0.39 is 59.6 Å². The number of ether oxygens (including phenoxy) is 2. The molecule has 0 amide bonds. The summed E-state index contributed by atoms with van der Waals surface area (Å²) in [5.41, 5.74) is -6.35. The van der Waals surface area contributed by atoms with Crippen molar-refractivity contribution in [2.24, 2.45) is 0 Å². The molecule has 1 aromatic carbocycles. The van der Waals surface area contributed by atoms with Crippen LogP contribution < -0.4 is 0 Å². The smallest absolute Gasteiger partial charge is 0.343 e. The number of hydrogen-bond donors (Lipinski definition) is 6. The van der Waals surface area contributed by atoms with Crippen LogP contribution in [0.2, 0.25) is 0 Å². The van der Waals surface area contributed by atoms with E-state index in [9.17, 15) is 49.8 Å². The van der Waals surface area contributed by atoms with Crippen molar-refractivity contribution in [1.29, 1.82) is 0 Å². The number of carbonyl (C=O) groups excluding carboxylic acids is 1. The van der Waals surface area contributed by atoms with Gasteiger partial charge < -0.3 is 40.1 Å². The lowest BCUT2D eigenvalue weighted by atomic mass is 9.74. The van der Waals surface area contributed by atoms with Crippen molar-refractivity contribution in [3.05, 3.63) is 48.0 Å². The molecule has 6 N–H and O–H groups in total. The largest absolute Gasteiger partial charge is 0.479 e. The highest BCUT2D eigenvalue weighted by Crippen LogP contribution is 2.54. The van der Waals surface area contributed by atoms with E-state index in [1.165, 1.54) is 0 Å². The molecule has 0 radical (unpaired) electrons. The molecule has 2 fully saturated rings. The van der Waals surface area contributed by atoms with Crippen LogP contribution in [0.1, 0.15) is 18.4 Å². The molecule has 2 aliphatic rings. The molecule has 12 nitrogen and oxygen atoms in total. The number of fused-ring (bicyclic) bond motifs is 2. The number of aliphatic hydroxyl groups is 3. The maximum atomic E-state index is 12.2. The summed E-state index contributed by atoms with van der Waals surface area (Å²) in [7, 11) is 0. The minimum absolute atomic E-state index is 0.107. The number of aliphatic hydroxyl groups excluding tert-OH is 2. The summed E-state index contributed by atoms with van der Waals surface area (Å²) in [6.45, 7) is 0. The average molecular weight is 466 g/mol. The first-order valence-corrected chi connectivity index (χ1v) is 9.82. The van der Waals surface area contributed by atoms with E-state index in [1.54, 1.807) is 0 Å². The molecule has 33 heavy (non-hydrogen) atoms. The number of aryl methyl sites for hydroxylation is 1. The van der Waals surface area contributed by atoms with Gasteiger partial charge in [-0.25, -0.2) is 14.4 Å². The molecule has 6 unspecified atom stereocenters. The van der Waals surface area contributed by atoms with Crippen molar-refractivity contribution in [3.8, 4) is 0 Å². The fraction of sp³-hybridized carbons (Fsp3) is 0.429. The van der Waals surface area contributed by atoms with Gasteiger partial charge >= 0.3 is 17.9 Å². The SMILES string of the molecule is O=C(/C=C/CC12OC(C(=O)O)C(O)(C(=O)O)C(C(=O)O)(O1)C(O)C2O)CCc1ccccc1. The predicted molar refractivity (Wildman–Crippen MR) is 105 cm³/mol. The van der Waals surface area contributed by atoms with Gasteiger partial charge in [-0.15, -0.1) is 0 Å². The molecule has 1 aromatic rings. The average Bonchev–Trinajstić information content (AvgIpc) is 2.96. The second-order valence-corrected chi connectivity index (χ2v) is 7.81. The third-order valence-electron chi connectivity index (χ3n) is 5.84. The Kier molecular flexibility index (Phi) is 6.42.